The number of aryl methyl sites for hydroxylation is 2. The number of nitrogens with zero attached hydrogens (tertiary/aromatic N) is 2. The van der Waals surface area contributed by atoms with Crippen molar-refractivity contribution < 1.29 is 4.42 Å². The van der Waals surface area contributed by atoms with Crippen LogP contribution in [0.25, 0.3) is 0 Å². The lowest BCUT2D eigenvalue weighted by molar-refractivity contribution is 0.137. The quantitative estimate of drug-likeness (QED) is 0.824. The number of hydrogen-bond donors (Lipinski definition) is 1. The van der Waals surface area contributed by atoms with Crippen molar-refractivity contribution in [1.82, 2.24) is 15.2 Å². The van der Waals surface area contributed by atoms with Gasteiger partial charge in [-0.05, 0) is 27.7 Å². The van der Waals surface area contributed by atoms with Crippen LogP contribution >= 0.6 is 0 Å². The fourth-order valence-corrected chi connectivity index (χ4v) is 2.18. The van der Waals surface area contributed by atoms with Crippen LogP contribution in [0.1, 0.15) is 31.2 Å². The molecule has 0 spiro atoms. The van der Waals surface area contributed by atoms with Gasteiger partial charge in [-0.1, -0.05) is 0 Å². The van der Waals surface area contributed by atoms with Crippen molar-refractivity contribution in [3.8, 4) is 0 Å². The van der Waals surface area contributed by atoms with Crippen LogP contribution in [0.4, 0.5) is 0 Å². The fourth-order valence-electron chi connectivity index (χ4n) is 2.18. The third-order valence-corrected chi connectivity index (χ3v) is 3.08. The summed E-state index contributed by atoms with van der Waals surface area (Å²) in [5, 5.41) is 3.50. The van der Waals surface area contributed by atoms with Gasteiger partial charge in [0.05, 0.1) is 12.2 Å². The molecule has 1 fully saturated rings. The first-order valence-electron chi connectivity index (χ1n) is 5.86. The van der Waals surface area contributed by atoms with E-state index in [2.05, 4.69) is 29.0 Å². The molecule has 90 valence electrons. The first kappa shape index (κ1) is 11.6. The Bertz CT molecular complexity index is 351. The van der Waals surface area contributed by atoms with E-state index in [1.807, 2.05) is 13.8 Å². The molecule has 1 N–H and O–H groups in total. The van der Waals surface area contributed by atoms with E-state index in [-0.39, 0.29) is 5.54 Å². The molecule has 0 amide bonds. The van der Waals surface area contributed by atoms with Gasteiger partial charge in [0.2, 0.25) is 5.89 Å². The molecule has 0 aromatic carbocycles. The Morgan fingerprint density at radius 2 is 2.19 bits per heavy atom. The third-order valence-electron chi connectivity index (χ3n) is 3.08. The molecule has 4 heteroatoms. The van der Waals surface area contributed by atoms with Crippen LogP contribution in [0.2, 0.25) is 0 Å². The Balaban J connectivity index is 1.99. The predicted octanol–water partition coefficient (Wildman–Crippen LogP) is 1.48. The van der Waals surface area contributed by atoms with Gasteiger partial charge in [0.25, 0.3) is 0 Å². The smallest absolute Gasteiger partial charge is 0.208 e. The van der Waals surface area contributed by atoms with Gasteiger partial charge < -0.3 is 9.73 Å². The van der Waals surface area contributed by atoms with E-state index in [4.69, 9.17) is 4.42 Å². The molecule has 0 radical (unpaired) electrons. The maximum Gasteiger partial charge on any atom is 0.208 e. The first-order chi connectivity index (χ1) is 7.46. The lowest BCUT2D eigenvalue weighted by Crippen LogP contribution is -2.56. The largest absolute Gasteiger partial charge is 0.444 e. The third kappa shape index (κ3) is 2.62. The van der Waals surface area contributed by atoms with Crippen molar-refractivity contribution in [1.29, 1.82) is 0 Å². The standard InChI is InChI=1S/C12H21N3O/c1-9-10(2)16-11(14-9)7-15-6-5-13-12(3,4)8-15/h13H,5-8H2,1-4H3. The second-order valence-electron chi connectivity index (χ2n) is 5.27. The Kier molecular flexibility index (Phi) is 3.04. The fraction of sp³-hybridized carbons (Fsp3) is 0.750. The molecule has 0 saturated carbocycles. The maximum absolute atomic E-state index is 5.61. The van der Waals surface area contributed by atoms with E-state index >= 15 is 0 Å². The van der Waals surface area contributed by atoms with Crippen LogP contribution in [0.3, 0.4) is 0 Å². The minimum atomic E-state index is 0.189. The van der Waals surface area contributed by atoms with E-state index in [1.54, 1.807) is 0 Å². The molecule has 1 aliphatic rings. The highest BCUT2D eigenvalue weighted by Crippen LogP contribution is 2.15. The Morgan fingerprint density at radius 3 is 2.75 bits per heavy atom. The van der Waals surface area contributed by atoms with E-state index in [9.17, 15) is 0 Å². The lowest BCUT2D eigenvalue weighted by atomic mass is 10.0. The summed E-state index contributed by atoms with van der Waals surface area (Å²) >= 11 is 0. The molecular weight excluding hydrogens is 202 g/mol. The number of rotatable bonds is 2. The molecular formula is C12H21N3O. The van der Waals surface area contributed by atoms with Crippen molar-refractivity contribution in [3.63, 3.8) is 0 Å². The van der Waals surface area contributed by atoms with Crippen molar-refractivity contribution in [2.75, 3.05) is 19.6 Å². The summed E-state index contributed by atoms with van der Waals surface area (Å²) in [6.07, 6.45) is 0. The molecule has 2 heterocycles. The minimum Gasteiger partial charge on any atom is -0.444 e. The van der Waals surface area contributed by atoms with Crippen molar-refractivity contribution in [2.24, 2.45) is 0 Å². The number of nitrogens with one attached hydrogen (secondary N) is 1. The van der Waals surface area contributed by atoms with E-state index in [0.717, 1.165) is 43.5 Å². The van der Waals surface area contributed by atoms with Crippen molar-refractivity contribution in [3.05, 3.63) is 17.3 Å². The summed E-state index contributed by atoms with van der Waals surface area (Å²) in [6.45, 7) is 12.4. The van der Waals surface area contributed by atoms with Crippen molar-refractivity contribution >= 4 is 0 Å². The summed E-state index contributed by atoms with van der Waals surface area (Å²) in [4.78, 5) is 6.81. The summed E-state index contributed by atoms with van der Waals surface area (Å²) in [5.74, 6) is 1.78. The summed E-state index contributed by atoms with van der Waals surface area (Å²) < 4.78 is 5.61. The number of aromatic nitrogens is 1. The van der Waals surface area contributed by atoms with Crippen molar-refractivity contribution in [2.45, 2.75) is 39.8 Å². The molecule has 1 saturated heterocycles. The van der Waals surface area contributed by atoms with Crippen LogP contribution in [-0.4, -0.2) is 35.1 Å². The predicted molar refractivity (Wildman–Crippen MR) is 63.3 cm³/mol. The highest BCUT2D eigenvalue weighted by atomic mass is 16.4. The Labute approximate surface area is 97.0 Å². The van der Waals surface area contributed by atoms with Gasteiger partial charge >= 0.3 is 0 Å². The van der Waals surface area contributed by atoms with Crippen LogP contribution in [0.15, 0.2) is 4.42 Å². The van der Waals surface area contributed by atoms with Crippen LogP contribution < -0.4 is 5.32 Å². The molecule has 2 rings (SSSR count). The highest BCUT2D eigenvalue weighted by Gasteiger charge is 2.26. The van der Waals surface area contributed by atoms with Gasteiger partial charge in [-0.3, -0.25) is 4.90 Å². The normalized spacial score (nSPS) is 21.2. The van der Waals surface area contributed by atoms with Gasteiger partial charge in [0, 0.05) is 25.2 Å². The average Bonchev–Trinajstić information content (AvgIpc) is 2.43. The van der Waals surface area contributed by atoms with Gasteiger partial charge in [-0.15, -0.1) is 0 Å². The zero-order valence-corrected chi connectivity index (χ0v) is 10.6. The average molecular weight is 223 g/mol. The SMILES string of the molecule is Cc1nc(CN2CCNC(C)(C)C2)oc1C. The van der Waals surface area contributed by atoms with E-state index in [0.29, 0.717) is 0 Å². The van der Waals surface area contributed by atoms with Crippen LogP contribution in [-0.2, 0) is 6.54 Å². The molecule has 4 nitrogen and oxygen atoms in total. The zero-order chi connectivity index (χ0) is 11.8. The molecule has 1 aliphatic heterocycles. The summed E-state index contributed by atoms with van der Waals surface area (Å²) in [5.41, 5.74) is 1.19. The zero-order valence-electron chi connectivity index (χ0n) is 10.6. The molecule has 16 heavy (non-hydrogen) atoms. The van der Waals surface area contributed by atoms with Gasteiger partial charge in [0.1, 0.15) is 5.76 Å². The first-order valence-corrected chi connectivity index (χ1v) is 5.86. The minimum absolute atomic E-state index is 0.189. The highest BCUT2D eigenvalue weighted by molar-refractivity contribution is 5.05. The lowest BCUT2D eigenvalue weighted by Gasteiger charge is -2.38. The molecule has 0 atom stereocenters. The van der Waals surface area contributed by atoms with Gasteiger partial charge in [-0.2, -0.15) is 0 Å². The van der Waals surface area contributed by atoms with E-state index in [1.165, 1.54) is 0 Å². The molecule has 1 aromatic rings. The molecule has 0 aliphatic carbocycles. The number of oxazole rings is 1. The van der Waals surface area contributed by atoms with Gasteiger partial charge in [-0.25, -0.2) is 4.98 Å². The summed E-state index contributed by atoms with van der Waals surface area (Å²) in [7, 11) is 0. The Morgan fingerprint density at radius 1 is 1.44 bits per heavy atom. The maximum atomic E-state index is 5.61. The molecule has 0 unspecified atom stereocenters. The van der Waals surface area contributed by atoms with Gasteiger partial charge in [0.15, 0.2) is 0 Å². The monoisotopic (exact) mass is 223 g/mol. The topological polar surface area (TPSA) is 41.3 Å². The van der Waals surface area contributed by atoms with Crippen LogP contribution in [0, 0.1) is 13.8 Å². The molecule has 0 bridgehead atoms. The second-order valence-corrected chi connectivity index (χ2v) is 5.27. The Hall–Kier alpha value is -0.870. The van der Waals surface area contributed by atoms with Crippen LogP contribution in [0.5, 0.6) is 0 Å². The summed E-state index contributed by atoms with van der Waals surface area (Å²) in [6, 6.07) is 0. The number of hydrogen-bond acceptors (Lipinski definition) is 4. The second kappa shape index (κ2) is 4.18. The van der Waals surface area contributed by atoms with E-state index < -0.39 is 0 Å². The number of piperazine rings is 1. The molecule has 1 aromatic heterocycles.